The smallest absolute Gasteiger partial charge is 0.338 e. The number of fused-ring (bicyclic) bond motifs is 1. The third kappa shape index (κ3) is 1.88. The van der Waals surface area contributed by atoms with Gasteiger partial charge in [-0.3, -0.25) is 0 Å². The molecule has 1 atom stereocenters. The van der Waals surface area contributed by atoms with E-state index < -0.39 is 0 Å². The van der Waals surface area contributed by atoms with Crippen molar-refractivity contribution in [2.24, 2.45) is 0 Å². The SMILES string of the molecule is CC.O=C1OCc2cc(C3CO3)ccc21. The molecule has 0 amide bonds. The van der Waals surface area contributed by atoms with E-state index in [9.17, 15) is 4.79 Å². The molecule has 15 heavy (non-hydrogen) atoms. The van der Waals surface area contributed by atoms with Gasteiger partial charge in [0.05, 0.1) is 12.2 Å². The van der Waals surface area contributed by atoms with Gasteiger partial charge in [0, 0.05) is 5.56 Å². The van der Waals surface area contributed by atoms with E-state index in [4.69, 9.17) is 9.47 Å². The number of hydrogen-bond donors (Lipinski definition) is 0. The molecule has 1 saturated heterocycles. The molecule has 1 aromatic carbocycles. The fraction of sp³-hybridized carbons (Fsp3) is 0.417. The fourth-order valence-corrected chi connectivity index (χ4v) is 1.59. The predicted octanol–water partition coefficient (Wildman–Crippen LogP) is 2.45. The molecule has 0 bridgehead atoms. The molecule has 1 unspecified atom stereocenters. The number of carbonyl (C=O) groups excluding carboxylic acids is 1. The van der Waals surface area contributed by atoms with Gasteiger partial charge in [0.15, 0.2) is 0 Å². The van der Waals surface area contributed by atoms with Crippen molar-refractivity contribution in [1.82, 2.24) is 0 Å². The normalized spacial score (nSPS) is 21.2. The molecule has 0 spiro atoms. The summed E-state index contributed by atoms with van der Waals surface area (Å²) in [6.45, 7) is 5.21. The fourth-order valence-electron chi connectivity index (χ4n) is 1.59. The molecule has 3 heteroatoms. The predicted molar refractivity (Wildman–Crippen MR) is 55.6 cm³/mol. The van der Waals surface area contributed by atoms with Crippen LogP contribution in [0.5, 0.6) is 0 Å². The Morgan fingerprint density at radius 1 is 1.33 bits per heavy atom. The number of rotatable bonds is 1. The van der Waals surface area contributed by atoms with Gasteiger partial charge < -0.3 is 9.47 Å². The zero-order valence-electron chi connectivity index (χ0n) is 8.95. The maximum atomic E-state index is 11.1. The monoisotopic (exact) mass is 206 g/mol. The third-order valence-corrected chi connectivity index (χ3v) is 2.41. The summed E-state index contributed by atoms with van der Waals surface area (Å²) in [5.41, 5.74) is 2.83. The van der Waals surface area contributed by atoms with Crippen LogP contribution in [0.3, 0.4) is 0 Å². The van der Waals surface area contributed by atoms with Gasteiger partial charge in [-0.15, -0.1) is 0 Å². The highest BCUT2D eigenvalue weighted by molar-refractivity contribution is 5.93. The lowest BCUT2D eigenvalue weighted by molar-refractivity contribution is 0.0535. The lowest BCUT2D eigenvalue weighted by Crippen LogP contribution is -1.93. The Balaban J connectivity index is 0.000000404. The zero-order chi connectivity index (χ0) is 10.8. The Hall–Kier alpha value is -1.35. The Kier molecular flexibility index (Phi) is 2.73. The average molecular weight is 206 g/mol. The van der Waals surface area contributed by atoms with Crippen LogP contribution >= 0.6 is 0 Å². The van der Waals surface area contributed by atoms with Crippen molar-refractivity contribution in [2.75, 3.05) is 6.61 Å². The van der Waals surface area contributed by atoms with Crippen LogP contribution in [0.1, 0.15) is 41.4 Å². The van der Waals surface area contributed by atoms with Crippen LogP contribution in [0.25, 0.3) is 0 Å². The number of ether oxygens (including phenoxy) is 2. The van der Waals surface area contributed by atoms with Crippen molar-refractivity contribution >= 4 is 5.97 Å². The largest absolute Gasteiger partial charge is 0.457 e. The molecule has 2 aliphatic rings. The summed E-state index contributed by atoms with van der Waals surface area (Å²) in [5, 5.41) is 0. The summed E-state index contributed by atoms with van der Waals surface area (Å²) in [7, 11) is 0. The summed E-state index contributed by atoms with van der Waals surface area (Å²) < 4.78 is 10.1. The van der Waals surface area contributed by atoms with Gasteiger partial charge in [0.25, 0.3) is 0 Å². The molecular weight excluding hydrogens is 192 g/mol. The van der Waals surface area contributed by atoms with Gasteiger partial charge >= 0.3 is 5.97 Å². The van der Waals surface area contributed by atoms with E-state index in [1.165, 1.54) is 0 Å². The molecule has 0 N–H and O–H groups in total. The molecule has 0 saturated carbocycles. The molecule has 0 aromatic heterocycles. The molecule has 1 fully saturated rings. The Labute approximate surface area is 89.0 Å². The number of benzene rings is 1. The highest BCUT2D eigenvalue weighted by Gasteiger charge is 2.28. The maximum absolute atomic E-state index is 11.1. The van der Waals surface area contributed by atoms with Crippen molar-refractivity contribution in [3.63, 3.8) is 0 Å². The second kappa shape index (κ2) is 4.03. The van der Waals surface area contributed by atoms with Crippen LogP contribution < -0.4 is 0 Å². The molecule has 2 heterocycles. The van der Waals surface area contributed by atoms with E-state index in [0.717, 1.165) is 17.7 Å². The molecule has 3 nitrogen and oxygen atoms in total. The minimum atomic E-state index is -0.210. The quantitative estimate of drug-likeness (QED) is 0.523. The van der Waals surface area contributed by atoms with Gasteiger partial charge in [-0.05, 0) is 17.7 Å². The third-order valence-electron chi connectivity index (χ3n) is 2.41. The van der Waals surface area contributed by atoms with Crippen LogP contribution in [-0.2, 0) is 16.1 Å². The highest BCUT2D eigenvalue weighted by Crippen LogP contribution is 2.32. The summed E-state index contributed by atoms with van der Waals surface area (Å²) in [6.07, 6.45) is 0.251. The van der Waals surface area contributed by atoms with E-state index in [0.29, 0.717) is 12.2 Å². The first kappa shape index (κ1) is 10.2. The number of cyclic esters (lactones) is 1. The summed E-state index contributed by atoms with van der Waals surface area (Å²) in [5.74, 6) is -0.210. The molecule has 0 radical (unpaired) electrons. The highest BCUT2D eigenvalue weighted by atomic mass is 16.6. The summed E-state index contributed by atoms with van der Waals surface area (Å²) >= 11 is 0. The van der Waals surface area contributed by atoms with Crippen molar-refractivity contribution in [1.29, 1.82) is 0 Å². The first-order chi connectivity index (χ1) is 7.34. The van der Waals surface area contributed by atoms with Crippen molar-refractivity contribution in [2.45, 2.75) is 26.6 Å². The number of epoxide rings is 1. The zero-order valence-corrected chi connectivity index (χ0v) is 8.95. The molecule has 80 valence electrons. The van der Waals surface area contributed by atoms with E-state index >= 15 is 0 Å². The second-order valence-electron chi connectivity index (χ2n) is 3.31. The Bertz CT molecular complexity index is 380. The number of hydrogen-bond acceptors (Lipinski definition) is 3. The van der Waals surface area contributed by atoms with Gasteiger partial charge in [0.2, 0.25) is 0 Å². The topological polar surface area (TPSA) is 38.8 Å². The molecule has 2 aliphatic heterocycles. The standard InChI is InChI=1S/C10H8O3.C2H6/c11-10-8-2-1-6(9-5-12-9)3-7(8)4-13-10;1-2/h1-3,9H,4-5H2;1-2H3. The first-order valence-corrected chi connectivity index (χ1v) is 5.26. The van der Waals surface area contributed by atoms with E-state index in [1.807, 2.05) is 32.0 Å². The minimum absolute atomic E-state index is 0.210. The van der Waals surface area contributed by atoms with Crippen LogP contribution in [0.2, 0.25) is 0 Å². The van der Waals surface area contributed by atoms with Crippen LogP contribution in [-0.4, -0.2) is 12.6 Å². The van der Waals surface area contributed by atoms with Gasteiger partial charge in [0.1, 0.15) is 12.7 Å². The molecule has 3 rings (SSSR count). The van der Waals surface area contributed by atoms with E-state index in [-0.39, 0.29) is 12.1 Å². The second-order valence-corrected chi connectivity index (χ2v) is 3.31. The van der Waals surface area contributed by atoms with Crippen LogP contribution in [0.15, 0.2) is 18.2 Å². The van der Waals surface area contributed by atoms with Gasteiger partial charge in [-0.25, -0.2) is 4.79 Å². The molecule has 1 aromatic rings. The Morgan fingerprint density at radius 2 is 2.07 bits per heavy atom. The summed E-state index contributed by atoms with van der Waals surface area (Å²) in [6, 6.07) is 5.75. The van der Waals surface area contributed by atoms with Crippen LogP contribution in [0, 0.1) is 0 Å². The molecular formula is C12H14O3. The van der Waals surface area contributed by atoms with Crippen molar-refractivity contribution in [3.8, 4) is 0 Å². The lowest BCUT2D eigenvalue weighted by Gasteiger charge is -1.97. The molecule has 0 aliphatic carbocycles. The number of esters is 1. The van der Waals surface area contributed by atoms with Crippen molar-refractivity contribution in [3.05, 3.63) is 34.9 Å². The minimum Gasteiger partial charge on any atom is -0.457 e. The van der Waals surface area contributed by atoms with Crippen molar-refractivity contribution < 1.29 is 14.3 Å². The average Bonchev–Trinajstić information content (AvgIpc) is 3.07. The number of carbonyl (C=O) groups is 1. The maximum Gasteiger partial charge on any atom is 0.338 e. The first-order valence-electron chi connectivity index (χ1n) is 5.26. The summed E-state index contributed by atoms with van der Waals surface area (Å²) in [4.78, 5) is 11.1. The van der Waals surface area contributed by atoms with E-state index in [1.54, 1.807) is 0 Å². The Morgan fingerprint density at radius 3 is 2.73 bits per heavy atom. The lowest BCUT2D eigenvalue weighted by atomic mass is 10.0. The van der Waals surface area contributed by atoms with Gasteiger partial charge in [-0.2, -0.15) is 0 Å². The van der Waals surface area contributed by atoms with E-state index in [2.05, 4.69) is 0 Å². The van der Waals surface area contributed by atoms with Crippen LogP contribution in [0.4, 0.5) is 0 Å². The van der Waals surface area contributed by atoms with Gasteiger partial charge in [-0.1, -0.05) is 19.9 Å².